The Hall–Kier alpha value is -1.58. The number of hydrogen-bond acceptors (Lipinski definition) is 3. The fraction of sp³-hybridized carbons (Fsp3) is 0.333. The van der Waals surface area contributed by atoms with Crippen molar-refractivity contribution in [1.29, 1.82) is 0 Å². The maximum atomic E-state index is 11.1. The fourth-order valence-electron chi connectivity index (χ4n) is 1.35. The third-order valence-electron chi connectivity index (χ3n) is 1.97. The van der Waals surface area contributed by atoms with E-state index in [9.17, 15) is 4.79 Å². The van der Waals surface area contributed by atoms with Crippen LogP contribution in [-0.4, -0.2) is 17.4 Å². The van der Waals surface area contributed by atoms with Crippen LogP contribution in [0.15, 0.2) is 24.4 Å². The number of pyridine rings is 1. The summed E-state index contributed by atoms with van der Waals surface area (Å²) in [5, 5.41) is 1.78. The van der Waals surface area contributed by atoms with Gasteiger partial charge < -0.3 is 0 Å². The van der Waals surface area contributed by atoms with E-state index in [0.717, 1.165) is 18.8 Å². The Morgan fingerprint density at radius 2 is 2.38 bits per heavy atom. The van der Waals surface area contributed by atoms with Gasteiger partial charge in [-0.05, 0) is 18.6 Å². The van der Waals surface area contributed by atoms with Crippen LogP contribution in [0.1, 0.15) is 12.8 Å². The van der Waals surface area contributed by atoms with Crippen LogP contribution < -0.4 is 10.4 Å². The molecule has 0 aliphatic carbocycles. The van der Waals surface area contributed by atoms with Crippen molar-refractivity contribution in [1.82, 2.24) is 10.4 Å². The number of carbonyl (C=O) groups excluding carboxylic acids is 1. The molecule has 1 aliphatic heterocycles. The van der Waals surface area contributed by atoms with E-state index in [2.05, 4.69) is 10.4 Å². The van der Waals surface area contributed by atoms with Crippen molar-refractivity contribution in [2.45, 2.75) is 12.8 Å². The summed E-state index contributed by atoms with van der Waals surface area (Å²) in [6.45, 7) is 0.836. The lowest BCUT2D eigenvalue weighted by Crippen LogP contribution is -2.47. The highest BCUT2D eigenvalue weighted by molar-refractivity contribution is 5.78. The highest BCUT2D eigenvalue weighted by atomic mass is 16.2. The van der Waals surface area contributed by atoms with Gasteiger partial charge in [-0.25, -0.2) is 4.98 Å². The molecule has 1 saturated heterocycles. The Kier molecular flexibility index (Phi) is 2.12. The number of anilines is 1. The molecule has 68 valence electrons. The number of carbonyl (C=O) groups is 1. The zero-order chi connectivity index (χ0) is 9.10. The normalized spacial score (nSPS) is 16.9. The van der Waals surface area contributed by atoms with Crippen molar-refractivity contribution in [3.8, 4) is 0 Å². The van der Waals surface area contributed by atoms with Gasteiger partial charge in [0.2, 0.25) is 5.91 Å². The molecule has 1 aromatic rings. The SMILES string of the molecule is O=C1CCCN(c2ccccn2)N1. The lowest BCUT2D eigenvalue weighted by Gasteiger charge is -2.27. The third kappa shape index (κ3) is 1.77. The summed E-state index contributed by atoms with van der Waals surface area (Å²) in [7, 11) is 0. The minimum Gasteiger partial charge on any atom is -0.273 e. The maximum absolute atomic E-state index is 11.1. The van der Waals surface area contributed by atoms with E-state index in [0.29, 0.717) is 6.42 Å². The van der Waals surface area contributed by atoms with Gasteiger partial charge in [0.05, 0.1) is 0 Å². The molecule has 0 bridgehead atoms. The molecule has 1 N–H and O–H groups in total. The molecule has 1 aliphatic rings. The van der Waals surface area contributed by atoms with E-state index in [1.165, 1.54) is 0 Å². The van der Waals surface area contributed by atoms with E-state index in [1.54, 1.807) is 11.2 Å². The van der Waals surface area contributed by atoms with Crippen LogP contribution in [-0.2, 0) is 4.79 Å². The summed E-state index contributed by atoms with van der Waals surface area (Å²) in [5.41, 5.74) is 2.76. The molecule has 0 aromatic carbocycles. The molecule has 13 heavy (non-hydrogen) atoms. The van der Waals surface area contributed by atoms with Crippen molar-refractivity contribution >= 4 is 11.7 Å². The number of hydrogen-bond donors (Lipinski definition) is 1. The average molecular weight is 177 g/mol. The second-order valence-corrected chi connectivity index (χ2v) is 2.98. The van der Waals surface area contributed by atoms with Gasteiger partial charge in [-0.1, -0.05) is 6.07 Å². The van der Waals surface area contributed by atoms with Gasteiger partial charge >= 0.3 is 0 Å². The Morgan fingerprint density at radius 3 is 3.08 bits per heavy atom. The van der Waals surface area contributed by atoms with Crippen molar-refractivity contribution < 1.29 is 4.79 Å². The number of nitrogens with one attached hydrogen (secondary N) is 1. The topological polar surface area (TPSA) is 45.2 Å². The Bertz CT molecular complexity index is 299. The van der Waals surface area contributed by atoms with Crippen LogP contribution in [0.3, 0.4) is 0 Å². The number of hydrazine groups is 1. The van der Waals surface area contributed by atoms with E-state index in [4.69, 9.17) is 0 Å². The predicted octanol–water partition coefficient (Wildman–Crippen LogP) is 0.713. The molecule has 1 fully saturated rings. The van der Waals surface area contributed by atoms with Gasteiger partial charge in [-0.2, -0.15) is 0 Å². The molecule has 2 heterocycles. The van der Waals surface area contributed by atoms with Gasteiger partial charge in [-0.3, -0.25) is 15.2 Å². The highest BCUT2D eigenvalue weighted by Gasteiger charge is 2.15. The zero-order valence-electron chi connectivity index (χ0n) is 7.23. The Morgan fingerprint density at radius 1 is 1.46 bits per heavy atom. The maximum Gasteiger partial charge on any atom is 0.238 e. The number of aromatic nitrogens is 1. The monoisotopic (exact) mass is 177 g/mol. The molecule has 2 rings (SSSR count). The Balaban J connectivity index is 2.13. The van der Waals surface area contributed by atoms with Crippen molar-refractivity contribution in [2.24, 2.45) is 0 Å². The van der Waals surface area contributed by atoms with Gasteiger partial charge in [0.25, 0.3) is 0 Å². The molecule has 1 aromatic heterocycles. The number of amides is 1. The lowest BCUT2D eigenvalue weighted by molar-refractivity contribution is -0.122. The lowest BCUT2D eigenvalue weighted by atomic mass is 10.2. The van der Waals surface area contributed by atoms with Crippen LogP contribution in [0.25, 0.3) is 0 Å². The molecule has 1 amide bonds. The van der Waals surface area contributed by atoms with Crippen molar-refractivity contribution in [3.05, 3.63) is 24.4 Å². The number of nitrogens with zero attached hydrogens (tertiary/aromatic N) is 2. The van der Waals surface area contributed by atoms with Crippen LogP contribution in [0.2, 0.25) is 0 Å². The zero-order valence-corrected chi connectivity index (χ0v) is 7.23. The van der Waals surface area contributed by atoms with Gasteiger partial charge in [0, 0.05) is 19.2 Å². The first-order valence-electron chi connectivity index (χ1n) is 4.34. The average Bonchev–Trinajstić information content (AvgIpc) is 2.19. The van der Waals surface area contributed by atoms with Crippen LogP contribution >= 0.6 is 0 Å². The Labute approximate surface area is 76.5 Å². The van der Waals surface area contributed by atoms with Gasteiger partial charge in [-0.15, -0.1) is 0 Å². The quantitative estimate of drug-likeness (QED) is 0.687. The van der Waals surface area contributed by atoms with E-state index in [-0.39, 0.29) is 5.91 Å². The summed E-state index contributed by atoms with van der Waals surface area (Å²) in [4.78, 5) is 15.2. The smallest absolute Gasteiger partial charge is 0.238 e. The van der Waals surface area contributed by atoms with Crippen LogP contribution in [0.4, 0.5) is 5.82 Å². The predicted molar refractivity (Wildman–Crippen MR) is 49.0 cm³/mol. The molecule has 0 radical (unpaired) electrons. The summed E-state index contributed by atoms with van der Waals surface area (Å²) >= 11 is 0. The van der Waals surface area contributed by atoms with E-state index >= 15 is 0 Å². The van der Waals surface area contributed by atoms with E-state index in [1.807, 2.05) is 18.2 Å². The number of rotatable bonds is 1. The molecule has 4 heteroatoms. The van der Waals surface area contributed by atoms with E-state index < -0.39 is 0 Å². The summed E-state index contributed by atoms with van der Waals surface area (Å²) in [5.74, 6) is 0.868. The first-order chi connectivity index (χ1) is 6.36. The minimum absolute atomic E-state index is 0.0666. The molecule has 4 nitrogen and oxygen atoms in total. The highest BCUT2D eigenvalue weighted by Crippen LogP contribution is 2.10. The minimum atomic E-state index is 0.0666. The summed E-state index contributed by atoms with van der Waals surface area (Å²) < 4.78 is 0. The van der Waals surface area contributed by atoms with Crippen molar-refractivity contribution in [2.75, 3.05) is 11.6 Å². The standard InChI is InChI=1S/C9H11N3O/c13-9-5-3-7-12(11-9)8-4-1-2-6-10-8/h1-2,4,6H,3,5,7H2,(H,11,13). The molecular weight excluding hydrogens is 166 g/mol. The third-order valence-corrected chi connectivity index (χ3v) is 1.97. The van der Waals surface area contributed by atoms with Gasteiger partial charge in [0.15, 0.2) is 0 Å². The molecule has 0 unspecified atom stereocenters. The second-order valence-electron chi connectivity index (χ2n) is 2.98. The summed E-state index contributed by atoms with van der Waals surface area (Å²) in [6, 6.07) is 5.64. The first-order valence-corrected chi connectivity index (χ1v) is 4.34. The molecule has 0 saturated carbocycles. The summed E-state index contributed by atoms with van der Waals surface area (Å²) in [6.07, 6.45) is 3.22. The van der Waals surface area contributed by atoms with Crippen molar-refractivity contribution in [3.63, 3.8) is 0 Å². The molecule has 0 spiro atoms. The van der Waals surface area contributed by atoms with Crippen LogP contribution in [0, 0.1) is 0 Å². The first kappa shape index (κ1) is 8.04. The molecular formula is C9H11N3O. The van der Waals surface area contributed by atoms with Crippen LogP contribution in [0.5, 0.6) is 0 Å². The molecule has 0 atom stereocenters. The van der Waals surface area contributed by atoms with Gasteiger partial charge in [0.1, 0.15) is 5.82 Å². The largest absolute Gasteiger partial charge is 0.273 e. The second kappa shape index (κ2) is 3.43. The fourth-order valence-corrected chi connectivity index (χ4v) is 1.35.